The summed E-state index contributed by atoms with van der Waals surface area (Å²) >= 11 is 0. The third kappa shape index (κ3) is 3.15. The molecule has 0 saturated carbocycles. The van der Waals surface area contributed by atoms with Crippen LogP contribution in [0.25, 0.3) is 55.2 Å². The molecule has 0 aliphatic rings. The zero-order valence-electron chi connectivity index (χ0n) is 20.2. The predicted octanol–water partition coefficient (Wildman–Crippen LogP) is 8.98. The molecule has 0 spiro atoms. The molecule has 3 heterocycles. The lowest BCUT2D eigenvalue weighted by molar-refractivity contribution is 0.580. The smallest absolute Gasteiger partial charge is 0.227 e. The Morgan fingerprint density at radius 2 is 1.56 bits per heavy atom. The van der Waals surface area contributed by atoms with Crippen molar-refractivity contribution in [3.8, 4) is 22.4 Å². The predicted molar refractivity (Wildman–Crippen MR) is 140 cm³/mol. The summed E-state index contributed by atoms with van der Waals surface area (Å²) in [6.07, 6.45) is 1.80. The standard InChI is InChI=1S/C31H27NO2/c1-18-17-33-30-28(18)24(29-19(2)34-27-13-9-8-12-23(27)29)16-26(32-30)21-14-20-10-6-7-11-22(20)25(15-21)31(3,4)5/h6-17H,1-5H3. The Labute approximate surface area is 199 Å². The Hall–Kier alpha value is -3.85. The van der Waals surface area contributed by atoms with Gasteiger partial charge in [0.25, 0.3) is 0 Å². The molecule has 3 nitrogen and oxygen atoms in total. The number of aryl methyl sites for hydroxylation is 2. The van der Waals surface area contributed by atoms with Gasteiger partial charge in [0.1, 0.15) is 11.3 Å². The molecule has 6 aromatic rings. The highest BCUT2D eigenvalue weighted by molar-refractivity contribution is 6.06. The van der Waals surface area contributed by atoms with Gasteiger partial charge < -0.3 is 8.83 Å². The highest BCUT2D eigenvalue weighted by atomic mass is 16.3. The van der Waals surface area contributed by atoms with Gasteiger partial charge in [-0.25, -0.2) is 4.98 Å². The Balaban J connectivity index is 1.68. The first-order chi connectivity index (χ1) is 16.3. The highest BCUT2D eigenvalue weighted by Gasteiger charge is 2.22. The quantitative estimate of drug-likeness (QED) is 0.267. The fourth-order valence-corrected chi connectivity index (χ4v) is 5.12. The highest BCUT2D eigenvalue weighted by Crippen LogP contribution is 2.42. The number of hydrogen-bond acceptors (Lipinski definition) is 3. The van der Waals surface area contributed by atoms with Crippen molar-refractivity contribution in [2.24, 2.45) is 0 Å². The molecule has 0 amide bonds. The van der Waals surface area contributed by atoms with Gasteiger partial charge in [-0.15, -0.1) is 0 Å². The monoisotopic (exact) mass is 445 g/mol. The van der Waals surface area contributed by atoms with Crippen LogP contribution in [0, 0.1) is 13.8 Å². The van der Waals surface area contributed by atoms with Crippen molar-refractivity contribution in [2.45, 2.75) is 40.0 Å². The number of furan rings is 2. The summed E-state index contributed by atoms with van der Waals surface area (Å²) in [6.45, 7) is 10.9. The molecule has 168 valence electrons. The number of hydrogen-bond donors (Lipinski definition) is 0. The first-order valence-electron chi connectivity index (χ1n) is 11.7. The summed E-state index contributed by atoms with van der Waals surface area (Å²) in [5.41, 5.74) is 8.12. The Bertz CT molecular complexity index is 1710. The molecule has 3 heteroatoms. The number of rotatable bonds is 2. The summed E-state index contributed by atoms with van der Waals surface area (Å²) < 4.78 is 12.1. The van der Waals surface area contributed by atoms with Crippen molar-refractivity contribution in [3.05, 3.63) is 89.9 Å². The third-order valence-electron chi connectivity index (χ3n) is 6.73. The van der Waals surface area contributed by atoms with E-state index < -0.39 is 0 Å². The number of benzene rings is 3. The van der Waals surface area contributed by atoms with Crippen molar-refractivity contribution in [1.29, 1.82) is 0 Å². The minimum Gasteiger partial charge on any atom is -0.461 e. The van der Waals surface area contributed by atoms with Crippen LogP contribution in [0.2, 0.25) is 0 Å². The van der Waals surface area contributed by atoms with Crippen LogP contribution in [-0.2, 0) is 5.41 Å². The van der Waals surface area contributed by atoms with Crippen molar-refractivity contribution < 1.29 is 8.83 Å². The molecule has 6 rings (SSSR count). The average Bonchev–Trinajstić information content (AvgIpc) is 3.36. The number of aromatic nitrogens is 1. The summed E-state index contributed by atoms with van der Waals surface area (Å²) in [6, 6.07) is 23.5. The van der Waals surface area contributed by atoms with Crippen LogP contribution in [-0.4, -0.2) is 4.98 Å². The van der Waals surface area contributed by atoms with E-state index in [4.69, 9.17) is 13.8 Å². The molecule has 34 heavy (non-hydrogen) atoms. The molecule has 3 aromatic heterocycles. The molecule has 0 aliphatic carbocycles. The van der Waals surface area contributed by atoms with Crippen LogP contribution in [0.15, 0.2) is 81.8 Å². The van der Waals surface area contributed by atoms with Gasteiger partial charge in [-0.3, -0.25) is 0 Å². The summed E-state index contributed by atoms with van der Waals surface area (Å²) in [5, 5.41) is 4.64. The normalized spacial score (nSPS) is 12.3. The molecule has 0 radical (unpaired) electrons. The fraction of sp³-hybridized carbons (Fsp3) is 0.194. The molecule has 0 N–H and O–H groups in total. The Morgan fingerprint density at radius 1 is 0.824 bits per heavy atom. The maximum Gasteiger partial charge on any atom is 0.227 e. The molecular weight excluding hydrogens is 418 g/mol. The number of para-hydroxylation sites is 1. The van der Waals surface area contributed by atoms with E-state index in [-0.39, 0.29) is 5.41 Å². The zero-order valence-corrected chi connectivity index (χ0v) is 20.2. The van der Waals surface area contributed by atoms with Crippen LogP contribution in [0.1, 0.15) is 37.7 Å². The molecular formula is C31H27NO2. The van der Waals surface area contributed by atoms with E-state index in [9.17, 15) is 0 Å². The van der Waals surface area contributed by atoms with Gasteiger partial charge in [-0.1, -0.05) is 63.2 Å². The van der Waals surface area contributed by atoms with E-state index >= 15 is 0 Å². The summed E-state index contributed by atoms with van der Waals surface area (Å²) in [7, 11) is 0. The second-order valence-electron chi connectivity index (χ2n) is 10.2. The van der Waals surface area contributed by atoms with Crippen LogP contribution in [0.3, 0.4) is 0 Å². The van der Waals surface area contributed by atoms with Gasteiger partial charge in [0.05, 0.1) is 17.3 Å². The van der Waals surface area contributed by atoms with Crippen molar-refractivity contribution >= 4 is 32.8 Å². The van der Waals surface area contributed by atoms with Gasteiger partial charge in [-0.05, 0) is 65.4 Å². The van der Waals surface area contributed by atoms with Crippen LogP contribution < -0.4 is 0 Å². The van der Waals surface area contributed by atoms with Gasteiger partial charge in [0.2, 0.25) is 5.71 Å². The zero-order chi connectivity index (χ0) is 23.6. The maximum atomic E-state index is 6.13. The van der Waals surface area contributed by atoms with Crippen LogP contribution in [0.5, 0.6) is 0 Å². The molecule has 0 aliphatic heterocycles. The molecule has 0 fully saturated rings. The number of fused-ring (bicyclic) bond motifs is 3. The minimum absolute atomic E-state index is 0.00115. The topological polar surface area (TPSA) is 39.2 Å². The first kappa shape index (κ1) is 20.7. The molecule has 0 bridgehead atoms. The van der Waals surface area contributed by atoms with Gasteiger partial charge in [0.15, 0.2) is 0 Å². The minimum atomic E-state index is 0.00115. The van der Waals surface area contributed by atoms with Crippen molar-refractivity contribution in [1.82, 2.24) is 4.98 Å². The molecule has 3 aromatic carbocycles. The third-order valence-corrected chi connectivity index (χ3v) is 6.73. The van der Waals surface area contributed by atoms with Gasteiger partial charge in [-0.2, -0.15) is 0 Å². The summed E-state index contributed by atoms with van der Waals surface area (Å²) in [5.74, 6) is 0.897. The lowest BCUT2D eigenvalue weighted by Crippen LogP contribution is -2.12. The number of nitrogens with zero attached hydrogens (tertiary/aromatic N) is 1. The lowest BCUT2D eigenvalue weighted by Gasteiger charge is -2.23. The van der Waals surface area contributed by atoms with E-state index in [0.717, 1.165) is 50.1 Å². The summed E-state index contributed by atoms with van der Waals surface area (Å²) in [4.78, 5) is 4.98. The second kappa shape index (κ2) is 7.33. The second-order valence-corrected chi connectivity index (χ2v) is 10.2. The van der Waals surface area contributed by atoms with E-state index in [0.29, 0.717) is 5.71 Å². The van der Waals surface area contributed by atoms with Gasteiger partial charge in [0, 0.05) is 22.1 Å². The first-order valence-corrected chi connectivity index (χ1v) is 11.7. The van der Waals surface area contributed by atoms with Crippen molar-refractivity contribution in [2.75, 3.05) is 0 Å². The fourth-order valence-electron chi connectivity index (χ4n) is 5.12. The average molecular weight is 446 g/mol. The lowest BCUT2D eigenvalue weighted by atomic mass is 9.82. The molecule has 0 saturated heterocycles. The van der Waals surface area contributed by atoms with E-state index in [1.165, 1.54) is 16.3 Å². The SMILES string of the molecule is Cc1oc2ccccc2c1-c1cc(-c2cc(C(C)(C)C)c3ccccc3c2)nc2occ(C)c12. The Kier molecular flexibility index (Phi) is 4.47. The van der Waals surface area contributed by atoms with Gasteiger partial charge >= 0.3 is 0 Å². The number of pyridine rings is 1. The van der Waals surface area contributed by atoms with E-state index in [1.807, 2.05) is 19.1 Å². The van der Waals surface area contributed by atoms with Crippen LogP contribution >= 0.6 is 0 Å². The van der Waals surface area contributed by atoms with Crippen molar-refractivity contribution in [3.63, 3.8) is 0 Å². The largest absolute Gasteiger partial charge is 0.461 e. The van der Waals surface area contributed by atoms with E-state index in [1.54, 1.807) is 6.26 Å². The van der Waals surface area contributed by atoms with E-state index in [2.05, 4.69) is 82.3 Å². The molecule has 0 atom stereocenters. The Morgan fingerprint density at radius 3 is 2.35 bits per heavy atom. The maximum absolute atomic E-state index is 6.13. The van der Waals surface area contributed by atoms with Crippen LogP contribution in [0.4, 0.5) is 0 Å². The molecule has 0 unspecified atom stereocenters.